The number of nitrogen functional groups attached to an aromatic ring is 1. The summed E-state index contributed by atoms with van der Waals surface area (Å²) in [5.41, 5.74) is 5.28. The SMILES string of the molecule is CCC(C)C(C)Nc1nc(N)c(F)cc1F. The van der Waals surface area contributed by atoms with Crippen molar-refractivity contribution in [1.29, 1.82) is 0 Å². The Labute approximate surface area is 94.1 Å². The van der Waals surface area contributed by atoms with Crippen LogP contribution in [0.1, 0.15) is 27.2 Å². The third kappa shape index (κ3) is 2.81. The monoisotopic (exact) mass is 229 g/mol. The van der Waals surface area contributed by atoms with Crippen LogP contribution in [0.25, 0.3) is 0 Å². The number of halogens is 2. The van der Waals surface area contributed by atoms with Gasteiger partial charge in [-0.2, -0.15) is 0 Å². The van der Waals surface area contributed by atoms with Crippen molar-refractivity contribution in [3.63, 3.8) is 0 Å². The van der Waals surface area contributed by atoms with Gasteiger partial charge in [0.2, 0.25) is 0 Å². The molecular weight excluding hydrogens is 212 g/mol. The Morgan fingerprint density at radius 3 is 2.56 bits per heavy atom. The molecule has 3 nitrogen and oxygen atoms in total. The minimum atomic E-state index is -0.834. The smallest absolute Gasteiger partial charge is 0.168 e. The van der Waals surface area contributed by atoms with Crippen LogP contribution in [0.2, 0.25) is 0 Å². The number of nitrogens with two attached hydrogens (primary N) is 1. The minimum absolute atomic E-state index is 0.00620. The zero-order chi connectivity index (χ0) is 12.3. The van der Waals surface area contributed by atoms with E-state index in [9.17, 15) is 8.78 Å². The van der Waals surface area contributed by atoms with E-state index in [4.69, 9.17) is 5.73 Å². The summed E-state index contributed by atoms with van der Waals surface area (Å²) in [6.45, 7) is 6.02. The van der Waals surface area contributed by atoms with E-state index in [1.165, 1.54) is 0 Å². The molecule has 1 aromatic rings. The Morgan fingerprint density at radius 1 is 1.38 bits per heavy atom. The highest BCUT2D eigenvalue weighted by Gasteiger charge is 2.15. The quantitative estimate of drug-likeness (QED) is 0.834. The summed E-state index contributed by atoms with van der Waals surface area (Å²) in [4.78, 5) is 3.65. The zero-order valence-corrected chi connectivity index (χ0v) is 9.72. The average molecular weight is 229 g/mol. The molecule has 0 bridgehead atoms. The minimum Gasteiger partial charge on any atom is -0.381 e. The molecule has 0 spiro atoms. The van der Waals surface area contributed by atoms with E-state index in [1.54, 1.807) is 0 Å². The fraction of sp³-hybridized carbons (Fsp3) is 0.545. The Balaban J connectivity index is 2.85. The van der Waals surface area contributed by atoms with Crippen LogP contribution < -0.4 is 11.1 Å². The highest BCUT2D eigenvalue weighted by Crippen LogP contribution is 2.19. The lowest BCUT2D eigenvalue weighted by Gasteiger charge is -2.20. The number of anilines is 2. The van der Waals surface area contributed by atoms with Crippen LogP contribution in [0, 0.1) is 17.6 Å². The van der Waals surface area contributed by atoms with Gasteiger partial charge in [0.05, 0.1) is 0 Å². The van der Waals surface area contributed by atoms with Crippen LogP contribution in [0.5, 0.6) is 0 Å². The van der Waals surface area contributed by atoms with Gasteiger partial charge in [0, 0.05) is 12.1 Å². The van der Waals surface area contributed by atoms with Crippen molar-refractivity contribution in [2.45, 2.75) is 33.2 Å². The second-order valence-electron chi connectivity index (χ2n) is 4.00. The first-order chi connectivity index (χ1) is 7.45. The molecule has 90 valence electrons. The molecule has 16 heavy (non-hydrogen) atoms. The molecule has 1 rings (SSSR count). The summed E-state index contributed by atoms with van der Waals surface area (Å²) in [5, 5.41) is 2.90. The zero-order valence-electron chi connectivity index (χ0n) is 9.72. The molecule has 5 heteroatoms. The van der Waals surface area contributed by atoms with Crippen molar-refractivity contribution in [2.75, 3.05) is 11.1 Å². The molecule has 0 aliphatic carbocycles. The topological polar surface area (TPSA) is 50.9 Å². The molecule has 2 atom stereocenters. The van der Waals surface area contributed by atoms with Gasteiger partial charge in [-0.25, -0.2) is 13.8 Å². The summed E-state index contributed by atoms with van der Waals surface area (Å²) >= 11 is 0. The number of nitrogens with one attached hydrogen (secondary N) is 1. The molecule has 1 heterocycles. The second kappa shape index (κ2) is 5.09. The molecule has 0 aliphatic rings. The van der Waals surface area contributed by atoms with Crippen LogP contribution in [0.15, 0.2) is 6.07 Å². The lowest BCUT2D eigenvalue weighted by Crippen LogP contribution is -2.24. The summed E-state index contributed by atoms with van der Waals surface area (Å²) in [5.74, 6) is -1.47. The molecule has 0 radical (unpaired) electrons. The molecule has 1 aromatic heterocycles. The maximum absolute atomic E-state index is 13.3. The Hall–Kier alpha value is -1.39. The third-order valence-electron chi connectivity index (χ3n) is 2.82. The Bertz CT molecular complexity index is 368. The van der Waals surface area contributed by atoms with Gasteiger partial charge < -0.3 is 11.1 Å². The average Bonchev–Trinajstić information content (AvgIpc) is 2.24. The molecular formula is C11H17F2N3. The lowest BCUT2D eigenvalue weighted by molar-refractivity contribution is 0.489. The first-order valence-electron chi connectivity index (χ1n) is 5.33. The highest BCUT2D eigenvalue weighted by atomic mass is 19.1. The number of nitrogens with zero attached hydrogens (tertiary/aromatic N) is 1. The number of hydrogen-bond acceptors (Lipinski definition) is 3. The van der Waals surface area contributed by atoms with Gasteiger partial charge in [0.1, 0.15) is 0 Å². The fourth-order valence-electron chi connectivity index (χ4n) is 1.29. The van der Waals surface area contributed by atoms with E-state index in [2.05, 4.69) is 10.3 Å². The van der Waals surface area contributed by atoms with Crippen molar-refractivity contribution >= 4 is 11.6 Å². The molecule has 0 amide bonds. The third-order valence-corrected chi connectivity index (χ3v) is 2.82. The summed E-state index contributed by atoms with van der Waals surface area (Å²) < 4.78 is 26.2. The highest BCUT2D eigenvalue weighted by molar-refractivity contribution is 5.45. The van der Waals surface area contributed by atoms with E-state index in [1.807, 2.05) is 20.8 Å². The standard InChI is InChI=1S/C11H17F2N3/c1-4-6(2)7(3)15-11-9(13)5-8(12)10(14)16-11/h5-7H,4H2,1-3H3,(H3,14,15,16). The molecule has 3 N–H and O–H groups in total. The predicted octanol–water partition coefficient (Wildman–Crippen LogP) is 2.79. The predicted molar refractivity (Wildman–Crippen MR) is 61.1 cm³/mol. The van der Waals surface area contributed by atoms with E-state index >= 15 is 0 Å². The molecule has 0 aliphatic heterocycles. The first kappa shape index (κ1) is 12.7. The van der Waals surface area contributed by atoms with Crippen molar-refractivity contribution in [3.8, 4) is 0 Å². The van der Waals surface area contributed by atoms with Gasteiger partial charge in [-0.1, -0.05) is 20.3 Å². The van der Waals surface area contributed by atoms with Crippen LogP contribution in [0.4, 0.5) is 20.4 Å². The maximum Gasteiger partial charge on any atom is 0.168 e. The van der Waals surface area contributed by atoms with Crippen molar-refractivity contribution < 1.29 is 8.78 Å². The van der Waals surface area contributed by atoms with Crippen molar-refractivity contribution in [1.82, 2.24) is 4.98 Å². The maximum atomic E-state index is 13.3. The van der Waals surface area contributed by atoms with E-state index in [0.717, 1.165) is 12.5 Å². The Morgan fingerprint density at radius 2 is 2.00 bits per heavy atom. The number of hydrogen-bond donors (Lipinski definition) is 2. The number of pyridine rings is 1. The molecule has 0 saturated heterocycles. The van der Waals surface area contributed by atoms with Gasteiger partial charge in [-0.3, -0.25) is 0 Å². The van der Waals surface area contributed by atoms with Gasteiger partial charge in [-0.05, 0) is 12.8 Å². The molecule has 0 saturated carbocycles. The Kier molecular flexibility index (Phi) is 4.04. The van der Waals surface area contributed by atoms with Crippen molar-refractivity contribution in [3.05, 3.63) is 17.7 Å². The largest absolute Gasteiger partial charge is 0.381 e. The van der Waals surface area contributed by atoms with Crippen LogP contribution in [-0.2, 0) is 0 Å². The van der Waals surface area contributed by atoms with Crippen molar-refractivity contribution in [2.24, 2.45) is 5.92 Å². The summed E-state index contributed by atoms with van der Waals surface area (Å²) in [7, 11) is 0. The van der Waals surface area contributed by atoms with Gasteiger partial charge in [-0.15, -0.1) is 0 Å². The van der Waals surface area contributed by atoms with E-state index < -0.39 is 11.6 Å². The number of rotatable bonds is 4. The van der Waals surface area contributed by atoms with Crippen LogP contribution in [-0.4, -0.2) is 11.0 Å². The normalized spacial score (nSPS) is 14.6. The first-order valence-corrected chi connectivity index (χ1v) is 5.33. The summed E-state index contributed by atoms with van der Waals surface area (Å²) in [6, 6.07) is 0.797. The molecule has 2 unspecified atom stereocenters. The lowest BCUT2D eigenvalue weighted by atomic mass is 10.0. The van der Waals surface area contributed by atoms with E-state index in [-0.39, 0.29) is 17.7 Å². The van der Waals surface area contributed by atoms with Crippen LogP contribution >= 0.6 is 0 Å². The van der Waals surface area contributed by atoms with E-state index in [0.29, 0.717) is 5.92 Å². The second-order valence-corrected chi connectivity index (χ2v) is 4.00. The van der Waals surface area contributed by atoms with Gasteiger partial charge in [0.25, 0.3) is 0 Å². The molecule has 0 fully saturated rings. The fourth-order valence-corrected chi connectivity index (χ4v) is 1.29. The molecule has 0 aromatic carbocycles. The van der Waals surface area contributed by atoms with Gasteiger partial charge >= 0.3 is 0 Å². The van der Waals surface area contributed by atoms with Crippen LogP contribution in [0.3, 0.4) is 0 Å². The van der Waals surface area contributed by atoms with Gasteiger partial charge in [0.15, 0.2) is 23.3 Å². The summed E-state index contributed by atoms with van der Waals surface area (Å²) in [6.07, 6.45) is 0.965. The number of aromatic nitrogens is 1.